The average molecular weight is 468 g/mol. The van der Waals surface area contributed by atoms with Crippen molar-refractivity contribution in [1.29, 1.82) is 0 Å². The van der Waals surface area contributed by atoms with Gasteiger partial charge in [-0.05, 0) is 42.7 Å². The fraction of sp³-hybridized carbons (Fsp3) is 0.217. The maximum atomic E-state index is 13.4. The molecule has 3 aromatic rings. The number of thioether (sulfide) groups is 1. The first-order chi connectivity index (χ1) is 14.8. The fourth-order valence-corrected chi connectivity index (χ4v) is 5.41. The number of aromatic nitrogens is 2. The zero-order chi connectivity index (χ0) is 22.1. The van der Waals surface area contributed by atoms with Crippen molar-refractivity contribution < 1.29 is 4.79 Å². The summed E-state index contributed by atoms with van der Waals surface area (Å²) in [5, 5.41) is 0.569. The maximum Gasteiger partial charge on any atom is 0.266 e. The van der Waals surface area contributed by atoms with Crippen molar-refractivity contribution in [3.8, 4) is 0 Å². The first kappa shape index (κ1) is 21.8. The molecule has 0 saturated carbocycles. The molecule has 1 fully saturated rings. The van der Waals surface area contributed by atoms with Crippen LogP contribution in [0.15, 0.2) is 68.3 Å². The van der Waals surface area contributed by atoms with E-state index >= 15 is 0 Å². The van der Waals surface area contributed by atoms with Crippen molar-refractivity contribution in [3.05, 3.63) is 75.0 Å². The zero-order valence-corrected chi connectivity index (χ0v) is 19.8. The standard InChI is InChI=1S/C23H21N3O2S3/c1-14(2)13-26-22(28)18(31-23(26)29)12-17-20(30-16-9-5-4-6-10-16)24-19-15(3)8-7-11-25(19)21(17)27/h4-12,14H,13H2,1-3H3/b18-12-. The number of rotatable bonds is 5. The summed E-state index contributed by atoms with van der Waals surface area (Å²) in [4.78, 5) is 34.2. The highest BCUT2D eigenvalue weighted by Crippen LogP contribution is 2.35. The molecule has 8 heteroatoms. The molecule has 1 aliphatic rings. The van der Waals surface area contributed by atoms with E-state index in [1.807, 2.05) is 63.2 Å². The maximum absolute atomic E-state index is 13.4. The van der Waals surface area contributed by atoms with Crippen LogP contribution in [0.1, 0.15) is 25.0 Å². The van der Waals surface area contributed by atoms with Crippen LogP contribution in [0.25, 0.3) is 11.7 Å². The van der Waals surface area contributed by atoms with Gasteiger partial charge in [0.2, 0.25) is 0 Å². The Kier molecular flexibility index (Phi) is 6.31. The number of amides is 1. The molecule has 5 nitrogen and oxygen atoms in total. The molecule has 1 aromatic carbocycles. The van der Waals surface area contributed by atoms with Gasteiger partial charge in [0.05, 0.1) is 10.5 Å². The van der Waals surface area contributed by atoms with Crippen LogP contribution in [0.4, 0.5) is 0 Å². The summed E-state index contributed by atoms with van der Waals surface area (Å²) in [5.74, 6) is 0.134. The highest BCUT2D eigenvalue weighted by atomic mass is 32.2. The molecule has 0 spiro atoms. The quantitative estimate of drug-likeness (QED) is 0.299. The highest BCUT2D eigenvalue weighted by Gasteiger charge is 2.33. The topological polar surface area (TPSA) is 54.7 Å². The molecule has 1 saturated heterocycles. The van der Waals surface area contributed by atoms with Crippen LogP contribution in [-0.2, 0) is 4.79 Å². The highest BCUT2D eigenvalue weighted by molar-refractivity contribution is 8.26. The second-order valence-corrected chi connectivity index (χ2v) is 10.4. The van der Waals surface area contributed by atoms with Gasteiger partial charge in [0.25, 0.3) is 11.5 Å². The number of hydrogen-bond acceptors (Lipinski definition) is 6. The van der Waals surface area contributed by atoms with Gasteiger partial charge in [-0.3, -0.25) is 18.9 Å². The van der Waals surface area contributed by atoms with E-state index in [1.165, 1.54) is 27.9 Å². The summed E-state index contributed by atoms with van der Waals surface area (Å²) in [6.07, 6.45) is 3.35. The summed E-state index contributed by atoms with van der Waals surface area (Å²) < 4.78 is 2.05. The monoisotopic (exact) mass is 467 g/mol. The zero-order valence-electron chi connectivity index (χ0n) is 17.4. The summed E-state index contributed by atoms with van der Waals surface area (Å²) in [6.45, 7) is 6.56. The van der Waals surface area contributed by atoms with Crippen LogP contribution in [0.2, 0.25) is 0 Å². The molecule has 0 atom stereocenters. The third-order valence-electron chi connectivity index (χ3n) is 4.70. The first-order valence-corrected chi connectivity index (χ1v) is 11.9. The van der Waals surface area contributed by atoms with Crippen LogP contribution < -0.4 is 5.56 Å². The summed E-state index contributed by atoms with van der Waals surface area (Å²) in [5.41, 5.74) is 1.70. The van der Waals surface area contributed by atoms with E-state index in [-0.39, 0.29) is 11.5 Å². The number of thiocarbonyl (C=S) groups is 1. The van der Waals surface area contributed by atoms with Gasteiger partial charge >= 0.3 is 0 Å². The second kappa shape index (κ2) is 8.98. The van der Waals surface area contributed by atoms with Crippen LogP contribution in [-0.4, -0.2) is 31.1 Å². The SMILES string of the molecule is Cc1cccn2c(=O)c(/C=C3\SC(=S)N(CC(C)C)C3=O)c(Sc3ccccc3)nc12. The molecule has 158 valence electrons. The Bertz CT molecular complexity index is 1270. The van der Waals surface area contributed by atoms with Gasteiger partial charge in [-0.15, -0.1) is 0 Å². The van der Waals surface area contributed by atoms with E-state index in [0.29, 0.717) is 37.9 Å². The lowest BCUT2D eigenvalue weighted by atomic mass is 10.2. The Hall–Kier alpha value is -2.42. The van der Waals surface area contributed by atoms with Crippen molar-refractivity contribution in [1.82, 2.24) is 14.3 Å². The average Bonchev–Trinajstić information content (AvgIpc) is 2.99. The Morgan fingerprint density at radius 3 is 2.61 bits per heavy atom. The van der Waals surface area contributed by atoms with Crippen LogP contribution in [0.5, 0.6) is 0 Å². The van der Waals surface area contributed by atoms with Gasteiger partial charge < -0.3 is 0 Å². The van der Waals surface area contributed by atoms with E-state index in [4.69, 9.17) is 17.2 Å². The molecule has 1 amide bonds. The summed E-state index contributed by atoms with van der Waals surface area (Å²) >= 11 is 8.06. The lowest BCUT2D eigenvalue weighted by Gasteiger charge is -2.16. The van der Waals surface area contributed by atoms with E-state index in [9.17, 15) is 9.59 Å². The van der Waals surface area contributed by atoms with Gasteiger partial charge in [0.15, 0.2) is 0 Å². The Balaban J connectivity index is 1.86. The molecule has 3 heterocycles. The van der Waals surface area contributed by atoms with Gasteiger partial charge in [-0.2, -0.15) is 0 Å². The van der Waals surface area contributed by atoms with E-state index < -0.39 is 0 Å². The predicted octanol–water partition coefficient (Wildman–Crippen LogP) is 5.01. The molecular weight excluding hydrogens is 446 g/mol. The number of benzene rings is 1. The molecular formula is C23H21N3O2S3. The van der Waals surface area contributed by atoms with Gasteiger partial charge in [0.1, 0.15) is 15.0 Å². The van der Waals surface area contributed by atoms with E-state index in [0.717, 1.165) is 10.5 Å². The summed E-state index contributed by atoms with van der Waals surface area (Å²) in [7, 11) is 0. The molecule has 0 bridgehead atoms. The van der Waals surface area contributed by atoms with Crippen molar-refractivity contribution >= 4 is 57.7 Å². The number of pyridine rings is 1. The molecule has 0 radical (unpaired) electrons. The largest absolute Gasteiger partial charge is 0.293 e. The third kappa shape index (κ3) is 4.46. The second-order valence-electron chi connectivity index (χ2n) is 7.62. The number of carbonyl (C=O) groups is 1. The van der Waals surface area contributed by atoms with Crippen molar-refractivity contribution in [2.24, 2.45) is 5.92 Å². The first-order valence-electron chi connectivity index (χ1n) is 9.85. The molecule has 0 N–H and O–H groups in total. The van der Waals surface area contributed by atoms with Gasteiger partial charge in [-0.1, -0.05) is 73.9 Å². The minimum atomic E-state index is -0.207. The fourth-order valence-electron chi connectivity index (χ4n) is 3.25. The number of nitrogens with zero attached hydrogens (tertiary/aromatic N) is 3. The van der Waals surface area contributed by atoms with Crippen molar-refractivity contribution in [2.45, 2.75) is 30.7 Å². The lowest BCUT2D eigenvalue weighted by molar-refractivity contribution is -0.122. The Morgan fingerprint density at radius 1 is 1.16 bits per heavy atom. The minimum absolute atomic E-state index is 0.159. The molecule has 0 unspecified atom stereocenters. The van der Waals surface area contributed by atoms with Crippen LogP contribution >= 0.6 is 35.7 Å². The number of hydrogen-bond donors (Lipinski definition) is 0. The molecule has 1 aliphatic heterocycles. The van der Waals surface area contributed by atoms with Crippen LogP contribution in [0.3, 0.4) is 0 Å². The van der Waals surface area contributed by atoms with E-state index in [2.05, 4.69) is 0 Å². The molecule has 31 heavy (non-hydrogen) atoms. The minimum Gasteiger partial charge on any atom is -0.293 e. The summed E-state index contributed by atoms with van der Waals surface area (Å²) in [6, 6.07) is 13.5. The number of aryl methyl sites for hydroxylation is 1. The predicted molar refractivity (Wildman–Crippen MR) is 131 cm³/mol. The number of fused-ring (bicyclic) bond motifs is 1. The van der Waals surface area contributed by atoms with Gasteiger partial charge in [-0.25, -0.2) is 4.98 Å². The smallest absolute Gasteiger partial charge is 0.266 e. The van der Waals surface area contributed by atoms with Crippen molar-refractivity contribution in [2.75, 3.05) is 6.54 Å². The normalized spacial score (nSPS) is 15.6. The molecule has 2 aromatic heterocycles. The van der Waals surface area contributed by atoms with E-state index in [1.54, 1.807) is 17.2 Å². The van der Waals surface area contributed by atoms with Crippen LogP contribution in [0, 0.1) is 12.8 Å². The number of carbonyl (C=O) groups excluding carboxylic acids is 1. The third-order valence-corrected chi connectivity index (χ3v) is 7.09. The Labute approximate surface area is 194 Å². The lowest BCUT2D eigenvalue weighted by Crippen LogP contribution is -2.31. The van der Waals surface area contributed by atoms with Crippen molar-refractivity contribution in [3.63, 3.8) is 0 Å². The molecule has 4 rings (SSSR count). The van der Waals surface area contributed by atoms with Gasteiger partial charge in [0, 0.05) is 17.6 Å². The molecule has 0 aliphatic carbocycles. The Morgan fingerprint density at radius 2 is 1.90 bits per heavy atom.